The Bertz CT molecular complexity index is 646. The third kappa shape index (κ3) is 4.34. The van der Waals surface area contributed by atoms with Gasteiger partial charge in [0, 0.05) is 24.8 Å². The highest BCUT2D eigenvalue weighted by atomic mass is 15.3. The molecule has 5 nitrogen and oxygen atoms in total. The smallest absolute Gasteiger partial charge is 0.191 e. The first kappa shape index (κ1) is 15.6. The maximum Gasteiger partial charge on any atom is 0.191 e. The molecule has 1 atom stereocenters. The summed E-state index contributed by atoms with van der Waals surface area (Å²) in [5.74, 6) is 1.36. The van der Waals surface area contributed by atoms with Crippen molar-refractivity contribution in [3.8, 4) is 0 Å². The molecule has 1 aliphatic heterocycles. The fourth-order valence-corrected chi connectivity index (χ4v) is 3.01. The van der Waals surface area contributed by atoms with Gasteiger partial charge in [0.1, 0.15) is 0 Å². The SMILES string of the molecule is CC1CCCN(C(N)=NCc2cnn(Cc3ccccc3)c2)C1. The van der Waals surface area contributed by atoms with Crippen molar-refractivity contribution in [1.29, 1.82) is 0 Å². The molecule has 0 bridgehead atoms. The third-order valence-electron chi connectivity index (χ3n) is 4.28. The molecule has 0 radical (unpaired) electrons. The first-order valence-corrected chi connectivity index (χ1v) is 8.31. The normalized spacial score (nSPS) is 19.1. The Morgan fingerprint density at radius 1 is 1.30 bits per heavy atom. The van der Waals surface area contributed by atoms with E-state index in [-0.39, 0.29) is 0 Å². The van der Waals surface area contributed by atoms with Gasteiger partial charge >= 0.3 is 0 Å². The van der Waals surface area contributed by atoms with E-state index in [1.54, 1.807) is 0 Å². The van der Waals surface area contributed by atoms with Crippen molar-refractivity contribution in [3.05, 3.63) is 53.9 Å². The van der Waals surface area contributed by atoms with E-state index in [1.165, 1.54) is 18.4 Å². The van der Waals surface area contributed by atoms with Gasteiger partial charge in [0.2, 0.25) is 0 Å². The summed E-state index contributed by atoms with van der Waals surface area (Å²) in [7, 11) is 0. The van der Waals surface area contributed by atoms with Gasteiger partial charge in [-0.2, -0.15) is 5.10 Å². The zero-order chi connectivity index (χ0) is 16.1. The molecule has 1 fully saturated rings. The van der Waals surface area contributed by atoms with E-state index in [0.717, 1.165) is 25.2 Å². The van der Waals surface area contributed by atoms with Crippen LogP contribution in [0.2, 0.25) is 0 Å². The lowest BCUT2D eigenvalue weighted by Gasteiger charge is -2.31. The minimum absolute atomic E-state index is 0.589. The van der Waals surface area contributed by atoms with E-state index in [0.29, 0.717) is 18.4 Å². The number of aromatic nitrogens is 2. The van der Waals surface area contributed by atoms with Crippen molar-refractivity contribution in [2.45, 2.75) is 32.9 Å². The number of hydrogen-bond acceptors (Lipinski definition) is 2. The van der Waals surface area contributed by atoms with Crippen molar-refractivity contribution < 1.29 is 0 Å². The Kier molecular flexibility index (Phi) is 4.95. The molecule has 1 unspecified atom stereocenters. The lowest BCUT2D eigenvalue weighted by atomic mass is 10.0. The van der Waals surface area contributed by atoms with Gasteiger partial charge < -0.3 is 10.6 Å². The molecule has 0 saturated carbocycles. The topological polar surface area (TPSA) is 59.4 Å². The number of nitrogens with zero attached hydrogens (tertiary/aromatic N) is 4. The summed E-state index contributed by atoms with van der Waals surface area (Å²) in [4.78, 5) is 6.74. The van der Waals surface area contributed by atoms with Gasteiger partial charge in [0.05, 0.1) is 19.3 Å². The van der Waals surface area contributed by atoms with E-state index in [1.807, 2.05) is 35.3 Å². The van der Waals surface area contributed by atoms with Gasteiger partial charge in [0.15, 0.2) is 5.96 Å². The monoisotopic (exact) mass is 311 g/mol. The van der Waals surface area contributed by atoms with Crippen molar-refractivity contribution in [2.75, 3.05) is 13.1 Å². The zero-order valence-electron chi connectivity index (χ0n) is 13.7. The molecule has 1 aliphatic rings. The van der Waals surface area contributed by atoms with Crippen LogP contribution >= 0.6 is 0 Å². The van der Waals surface area contributed by atoms with Gasteiger partial charge in [-0.3, -0.25) is 4.68 Å². The molecule has 0 spiro atoms. The second-order valence-electron chi connectivity index (χ2n) is 6.40. The van der Waals surface area contributed by atoms with Crippen LogP contribution in [-0.2, 0) is 13.1 Å². The lowest BCUT2D eigenvalue weighted by molar-refractivity contribution is 0.270. The summed E-state index contributed by atoms with van der Waals surface area (Å²) < 4.78 is 1.94. The molecule has 122 valence electrons. The first-order valence-electron chi connectivity index (χ1n) is 8.31. The van der Waals surface area contributed by atoms with E-state index in [9.17, 15) is 0 Å². The van der Waals surface area contributed by atoms with Crippen LogP contribution in [0.1, 0.15) is 30.9 Å². The van der Waals surface area contributed by atoms with Gasteiger partial charge in [-0.15, -0.1) is 0 Å². The maximum atomic E-state index is 6.14. The van der Waals surface area contributed by atoms with Gasteiger partial charge in [-0.05, 0) is 24.3 Å². The molecule has 5 heteroatoms. The highest BCUT2D eigenvalue weighted by molar-refractivity contribution is 5.78. The zero-order valence-corrected chi connectivity index (χ0v) is 13.7. The molecule has 0 amide bonds. The molecule has 2 N–H and O–H groups in total. The first-order chi connectivity index (χ1) is 11.2. The summed E-state index contributed by atoms with van der Waals surface area (Å²) in [5, 5.41) is 4.41. The number of likely N-dealkylation sites (tertiary alicyclic amines) is 1. The van der Waals surface area contributed by atoms with Crippen LogP contribution in [0.4, 0.5) is 0 Å². The summed E-state index contributed by atoms with van der Waals surface area (Å²) >= 11 is 0. The van der Waals surface area contributed by atoms with Crippen LogP contribution in [0.5, 0.6) is 0 Å². The van der Waals surface area contributed by atoms with Crippen LogP contribution < -0.4 is 5.73 Å². The molecule has 23 heavy (non-hydrogen) atoms. The summed E-state index contributed by atoms with van der Waals surface area (Å²) in [5.41, 5.74) is 8.47. The minimum Gasteiger partial charge on any atom is -0.370 e. The average Bonchev–Trinajstić information content (AvgIpc) is 3.01. The average molecular weight is 311 g/mol. The molecule has 1 saturated heterocycles. The predicted molar refractivity (Wildman–Crippen MR) is 93.1 cm³/mol. The number of benzene rings is 1. The van der Waals surface area contributed by atoms with E-state index in [2.05, 4.69) is 34.0 Å². The van der Waals surface area contributed by atoms with Crippen LogP contribution in [-0.4, -0.2) is 33.7 Å². The molecule has 2 aromatic rings. The largest absolute Gasteiger partial charge is 0.370 e. The molecule has 1 aromatic carbocycles. The summed E-state index contributed by atoms with van der Waals surface area (Å²) in [6.07, 6.45) is 6.41. The molecular weight excluding hydrogens is 286 g/mol. The van der Waals surface area contributed by atoms with Crippen LogP contribution in [0.3, 0.4) is 0 Å². The number of aliphatic imine (C=N–C) groups is 1. The Morgan fingerprint density at radius 3 is 2.91 bits per heavy atom. The third-order valence-corrected chi connectivity index (χ3v) is 4.28. The predicted octanol–water partition coefficient (Wildman–Crippen LogP) is 2.48. The Balaban J connectivity index is 1.57. The van der Waals surface area contributed by atoms with Crippen molar-refractivity contribution in [2.24, 2.45) is 16.6 Å². The van der Waals surface area contributed by atoms with E-state index < -0.39 is 0 Å². The number of guanidine groups is 1. The molecule has 2 heterocycles. The quantitative estimate of drug-likeness (QED) is 0.697. The molecule has 1 aromatic heterocycles. The highest BCUT2D eigenvalue weighted by Gasteiger charge is 2.17. The fourth-order valence-electron chi connectivity index (χ4n) is 3.01. The van der Waals surface area contributed by atoms with Gasteiger partial charge in [-0.25, -0.2) is 4.99 Å². The number of rotatable bonds is 4. The number of nitrogens with two attached hydrogens (primary N) is 1. The molecular formula is C18H25N5. The van der Waals surface area contributed by atoms with Crippen LogP contribution in [0.15, 0.2) is 47.7 Å². The van der Waals surface area contributed by atoms with Crippen LogP contribution in [0, 0.1) is 5.92 Å². The van der Waals surface area contributed by atoms with Crippen molar-refractivity contribution in [1.82, 2.24) is 14.7 Å². The van der Waals surface area contributed by atoms with Crippen LogP contribution in [0.25, 0.3) is 0 Å². The Labute approximate surface area is 137 Å². The Hall–Kier alpha value is -2.30. The van der Waals surface area contributed by atoms with E-state index in [4.69, 9.17) is 5.73 Å². The van der Waals surface area contributed by atoms with E-state index >= 15 is 0 Å². The second-order valence-corrected chi connectivity index (χ2v) is 6.40. The maximum absolute atomic E-state index is 6.14. The van der Waals surface area contributed by atoms with Crippen molar-refractivity contribution >= 4 is 5.96 Å². The molecule has 3 rings (SSSR count). The summed E-state index contributed by atoms with van der Waals surface area (Å²) in [6.45, 7) is 5.68. The Morgan fingerprint density at radius 2 is 2.13 bits per heavy atom. The van der Waals surface area contributed by atoms with Crippen molar-refractivity contribution in [3.63, 3.8) is 0 Å². The lowest BCUT2D eigenvalue weighted by Crippen LogP contribution is -2.43. The summed E-state index contributed by atoms with van der Waals surface area (Å²) in [6, 6.07) is 10.3. The van der Waals surface area contributed by atoms with Gasteiger partial charge in [-0.1, -0.05) is 37.3 Å². The minimum atomic E-state index is 0.589. The standard InChI is InChI=1S/C18H25N5/c1-15-6-5-9-22(12-15)18(19)20-10-17-11-21-23(14-17)13-16-7-3-2-4-8-16/h2-4,7-8,11,14-15H,5-6,9-10,12-13H2,1H3,(H2,19,20). The fraction of sp³-hybridized carbons (Fsp3) is 0.444. The number of piperidine rings is 1. The van der Waals surface area contributed by atoms with Gasteiger partial charge in [0.25, 0.3) is 0 Å². The second kappa shape index (κ2) is 7.31. The molecule has 0 aliphatic carbocycles. The highest BCUT2D eigenvalue weighted by Crippen LogP contribution is 2.15. The number of hydrogen-bond donors (Lipinski definition) is 1.